The van der Waals surface area contributed by atoms with Gasteiger partial charge in [-0.05, 0) is 60.2 Å². The van der Waals surface area contributed by atoms with Gasteiger partial charge in [0.05, 0.1) is 13.0 Å². The summed E-state index contributed by atoms with van der Waals surface area (Å²) in [5.74, 6) is 0.249. The molecule has 0 atom stereocenters. The number of halogens is 1. The van der Waals surface area contributed by atoms with Gasteiger partial charge in [-0.1, -0.05) is 12.1 Å². The molecule has 0 bridgehead atoms. The first-order valence-corrected chi connectivity index (χ1v) is 8.56. The van der Waals surface area contributed by atoms with E-state index in [0.29, 0.717) is 24.4 Å². The first-order valence-electron chi connectivity index (χ1n) is 8.56. The van der Waals surface area contributed by atoms with Gasteiger partial charge in [0.15, 0.2) is 0 Å². The molecule has 1 saturated carbocycles. The third-order valence-corrected chi connectivity index (χ3v) is 4.78. The van der Waals surface area contributed by atoms with E-state index in [1.807, 2.05) is 6.07 Å². The first kappa shape index (κ1) is 15.8. The standard InChI is InChI=1S/C20H19FN2O2/c21-17-6-3-14(4-7-17)12-23-18-8-5-15(9-16(18)10-19(23)24)20(25)22-11-13-1-2-13/h3-9,13H,1-2,10-12H2,(H,22,25). The van der Waals surface area contributed by atoms with E-state index in [1.54, 1.807) is 29.2 Å². The van der Waals surface area contributed by atoms with Gasteiger partial charge in [0, 0.05) is 17.8 Å². The summed E-state index contributed by atoms with van der Waals surface area (Å²) in [4.78, 5) is 26.3. The molecule has 2 aromatic rings. The zero-order valence-corrected chi connectivity index (χ0v) is 13.8. The fourth-order valence-corrected chi connectivity index (χ4v) is 3.13. The maximum absolute atomic E-state index is 13.0. The van der Waals surface area contributed by atoms with Crippen molar-refractivity contribution >= 4 is 17.5 Å². The Kier molecular flexibility index (Phi) is 3.99. The average molecular weight is 338 g/mol. The summed E-state index contributed by atoms with van der Waals surface area (Å²) in [5, 5.41) is 2.95. The predicted octanol–water partition coefficient (Wildman–Crippen LogP) is 3.05. The number of carbonyl (C=O) groups is 2. The van der Waals surface area contributed by atoms with Crippen molar-refractivity contribution in [3.05, 3.63) is 65.0 Å². The lowest BCUT2D eigenvalue weighted by atomic mass is 10.1. The molecule has 1 N–H and O–H groups in total. The second-order valence-electron chi connectivity index (χ2n) is 6.78. The van der Waals surface area contributed by atoms with Crippen molar-refractivity contribution in [2.75, 3.05) is 11.4 Å². The molecule has 25 heavy (non-hydrogen) atoms. The third-order valence-electron chi connectivity index (χ3n) is 4.78. The van der Waals surface area contributed by atoms with Crippen LogP contribution in [0.4, 0.5) is 10.1 Å². The van der Waals surface area contributed by atoms with E-state index in [-0.39, 0.29) is 17.6 Å². The summed E-state index contributed by atoms with van der Waals surface area (Å²) in [7, 11) is 0. The number of anilines is 1. The normalized spacial score (nSPS) is 16.0. The predicted molar refractivity (Wildman–Crippen MR) is 92.8 cm³/mol. The highest BCUT2D eigenvalue weighted by molar-refractivity contribution is 6.03. The van der Waals surface area contributed by atoms with E-state index in [0.717, 1.165) is 23.4 Å². The van der Waals surface area contributed by atoms with Crippen LogP contribution < -0.4 is 10.2 Å². The van der Waals surface area contributed by atoms with Crippen molar-refractivity contribution in [2.24, 2.45) is 5.92 Å². The zero-order valence-electron chi connectivity index (χ0n) is 13.8. The average Bonchev–Trinajstić information content (AvgIpc) is 3.39. The van der Waals surface area contributed by atoms with Crippen LogP contribution in [-0.4, -0.2) is 18.4 Å². The van der Waals surface area contributed by atoms with Crippen molar-refractivity contribution in [2.45, 2.75) is 25.8 Å². The highest BCUT2D eigenvalue weighted by Gasteiger charge is 2.28. The van der Waals surface area contributed by atoms with Crippen LogP contribution in [0.3, 0.4) is 0 Å². The van der Waals surface area contributed by atoms with E-state index < -0.39 is 0 Å². The topological polar surface area (TPSA) is 49.4 Å². The van der Waals surface area contributed by atoms with Crippen LogP contribution in [0.15, 0.2) is 42.5 Å². The van der Waals surface area contributed by atoms with Crippen molar-refractivity contribution in [3.8, 4) is 0 Å². The van der Waals surface area contributed by atoms with E-state index in [4.69, 9.17) is 0 Å². The summed E-state index contributed by atoms with van der Waals surface area (Å²) in [6.07, 6.45) is 2.68. The zero-order chi connectivity index (χ0) is 17.4. The van der Waals surface area contributed by atoms with Gasteiger partial charge >= 0.3 is 0 Å². The Morgan fingerprint density at radius 2 is 1.92 bits per heavy atom. The van der Waals surface area contributed by atoms with Gasteiger partial charge < -0.3 is 10.2 Å². The minimum Gasteiger partial charge on any atom is -0.352 e. The monoisotopic (exact) mass is 338 g/mol. The Labute approximate surface area is 145 Å². The van der Waals surface area contributed by atoms with Crippen LogP contribution in [0.2, 0.25) is 0 Å². The maximum Gasteiger partial charge on any atom is 0.251 e. The fraction of sp³-hybridized carbons (Fsp3) is 0.300. The van der Waals surface area contributed by atoms with E-state index in [1.165, 1.54) is 25.0 Å². The maximum atomic E-state index is 13.0. The molecular formula is C20H19FN2O2. The number of carbonyl (C=O) groups excluding carboxylic acids is 2. The van der Waals surface area contributed by atoms with Gasteiger partial charge in [0.2, 0.25) is 5.91 Å². The largest absolute Gasteiger partial charge is 0.352 e. The van der Waals surface area contributed by atoms with Crippen LogP contribution >= 0.6 is 0 Å². The fourth-order valence-electron chi connectivity index (χ4n) is 3.13. The van der Waals surface area contributed by atoms with Crippen molar-refractivity contribution in [1.82, 2.24) is 5.32 Å². The van der Waals surface area contributed by atoms with Crippen LogP contribution in [-0.2, 0) is 17.8 Å². The number of hydrogen-bond acceptors (Lipinski definition) is 2. The number of amides is 2. The second-order valence-corrected chi connectivity index (χ2v) is 6.78. The minimum absolute atomic E-state index is 0.00476. The van der Waals surface area contributed by atoms with Crippen molar-refractivity contribution < 1.29 is 14.0 Å². The number of nitrogens with one attached hydrogen (secondary N) is 1. The molecule has 1 aliphatic heterocycles. The molecule has 2 aliphatic rings. The Morgan fingerprint density at radius 1 is 1.16 bits per heavy atom. The Balaban J connectivity index is 1.50. The summed E-state index contributed by atoms with van der Waals surface area (Å²) in [6.45, 7) is 1.13. The molecular weight excluding hydrogens is 319 g/mol. The smallest absolute Gasteiger partial charge is 0.251 e. The van der Waals surface area contributed by atoms with E-state index in [9.17, 15) is 14.0 Å². The van der Waals surface area contributed by atoms with Crippen LogP contribution in [0.5, 0.6) is 0 Å². The number of fused-ring (bicyclic) bond motifs is 1. The highest BCUT2D eigenvalue weighted by Crippen LogP contribution is 2.31. The van der Waals surface area contributed by atoms with Crippen molar-refractivity contribution in [1.29, 1.82) is 0 Å². The quantitative estimate of drug-likeness (QED) is 0.911. The van der Waals surface area contributed by atoms with Gasteiger partial charge in [-0.15, -0.1) is 0 Å². The number of hydrogen-bond donors (Lipinski definition) is 1. The molecule has 2 aromatic carbocycles. The molecule has 1 heterocycles. The number of rotatable bonds is 5. The molecule has 4 rings (SSSR count). The number of benzene rings is 2. The summed E-state index contributed by atoms with van der Waals surface area (Å²) >= 11 is 0. The molecule has 128 valence electrons. The molecule has 0 radical (unpaired) electrons. The highest BCUT2D eigenvalue weighted by atomic mass is 19.1. The summed E-state index contributed by atoms with van der Waals surface area (Å²) in [6, 6.07) is 11.5. The molecule has 4 nitrogen and oxygen atoms in total. The van der Waals surface area contributed by atoms with Crippen LogP contribution in [0, 0.1) is 11.7 Å². The first-order chi connectivity index (χ1) is 12.1. The van der Waals surface area contributed by atoms with Crippen LogP contribution in [0.25, 0.3) is 0 Å². The van der Waals surface area contributed by atoms with E-state index in [2.05, 4.69) is 5.32 Å². The molecule has 0 spiro atoms. The molecule has 2 amide bonds. The van der Waals surface area contributed by atoms with Gasteiger partial charge in [0.1, 0.15) is 5.82 Å². The lowest BCUT2D eigenvalue weighted by molar-refractivity contribution is -0.117. The molecule has 1 fully saturated rings. The Morgan fingerprint density at radius 3 is 2.64 bits per heavy atom. The van der Waals surface area contributed by atoms with Gasteiger partial charge in [0.25, 0.3) is 5.91 Å². The molecule has 1 aliphatic carbocycles. The van der Waals surface area contributed by atoms with Crippen LogP contribution in [0.1, 0.15) is 34.3 Å². The number of nitrogens with zero attached hydrogens (tertiary/aromatic N) is 1. The molecule has 0 unspecified atom stereocenters. The van der Waals surface area contributed by atoms with Gasteiger partial charge in [-0.3, -0.25) is 9.59 Å². The van der Waals surface area contributed by atoms with Gasteiger partial charge in [-0.25, -0.2) is 4.39 Å². The Hall–Kier alpha value is -2.69. The SMILES string of the molecule is O=C(NCC1CC1)c1ccc2c(c1)CC(=O)N2Cc1ccc(F)cc1. The summed E-state index contributed by atoms with van der Waals surface area (Å²) in [5.41, 5.74) is 3.16. The van der Waals surface area contributed by atoms with Crippen molar-refractivity contribution in [3.63, 3.8) is 0 Å². The second kappa shape index (κ2) is 6.31. The third kappa shape index (κ3) is 3.40. The summed E-state index contributed by atoms with van der Waals surface area (Å²) < 4.78 is 13.0. The Bertz CT molecular complexity index is 828. The lowest BCUT2D eigenvalue weighted by Gasteiger charge is -2.18. The molecule has 0 aromatic heterocycles. The van der Waals surface area contributed by atoms with E-state index >= 15 is 0 Å². The lowest BCUT2D eigenvalue weighted by Crippen LogP contribution is -2.26. The molecule has 5 heteroatoms. The van der Waals surface area contributed by atoms with Gasteiger partial charge in [-0.2, -0.15) is 0 Å². The minimum atomic E-state index is -0.293. The molecule has 0 saturated heterocycles.